The average Bonchev–Trinajstić information content (AvgIpc) is 2.91. The molecule has 0 bridgehead atoms. The van der Waals surface area contributed by atoms with Crippen LogP contribution in [0.2, 0.25) is 0 Å². The third kappa shape index (κ3) is 2.63. The van der Waals surface area contributed by atoms with Crippen LogP contribution in [0.5, 0.6) is 0 Å². The van der Waals surface area contributed by atoms with E-state index in [0.29, 0.717) is 6.61 Å². The lowest BCUT2D eigenvalue weighted by molar-refractivity contribution is 0.184. The second kappa shape index (κ2) is 6.07. The summed E-state index contributed by atoms with van der Waals surface area (Å²) in [5, 5.41) is 0. The van der Waals surface area contributed by atoms with E-state index < -0.39 is 0 Å². The Morgan fingerprint density at radius 2 is 2.00 bits per heavy atom. The topological polar surface area (TPSA) is 31.6 Å². The number of hydrogen-bond acceptors (Lipinski definition) is 3. The van der Waals surface area contributed by atoms with Crippen molar-refractivity contribution in [1.82, 2.24) is 0 Å². The molecule has 1 heterocycles. The van der Waals surface area contributed by atoms with Crippen LogP contribution < -0.4 is 0 Å². The van der Waals surface area contributed by atoms with Crippen LogP contribution in [0.4, 0.5) is 0 Å². The van der Waals surface area contributed by atoms with E-state index in [-0.39, 0.29) is 0 Å². The van der Waals surface area contributed by atoms with Crippen molar-refractivity contribution in [2.75, 3.05) is 14.2 Å². The number of furan rings is 1. The molecular formula is C15H16O3. The van der Waals surface area contributed by atoms with E-state index in [1.165, 1.54) is 0 Å². The van der Waals surface area contributed by atoms with Crippen molar-refractivity contribution in [2.45, 2.75) is 6.61 Å². The Morgan fingerprint density at radius 1 is 1.17 bits per heavy atom. The van der Waals surface area contributed by atoms with Crippen molar-refractivity contribution in [1.29, 1.82) is 0 Å². The van der Waals surface area contributed by atoms with Crippen LogP contribution in [-0.4, -0.2) is 14.2 Å². The maximum atomic E-state index is 5.45. The van der Waals surface area contributed by atoms with Crippen LogP contribution >= 0.6 is 0 Å². The van der Waals surface area contributed by atoms with Gasteiger partial charge in [0.25, 0.3) is 0 Å². The normalized spacial score (nSPS) is 11.6. The highest BCUT2D eigenvalue weighted by Gasteiger charge is 2.12. The Morgan fingerprint density at radius 3 is 2.67 bits per heavy atom. The smallest absolute Gasteiger partial charge is 0.137 e. The summed E-state index contributed by atoms with van der Waals surface area (Å²) in [6.07, 6.45) is 3.34. The number of rotatable bonds is 5. The van der Waals surface area contributed by atoms with Gasteiger partial charge in [0.15, 0.2) is 0 Å². The second-order valence-electron chi connectivity index (χ2n) is 3.83. The first-order valence-electron chi connectivity index (χ1n) is 5.71. The van der Waals surface area contributed by atoms with Crippen LogP contribution in [0, 0.1) is 0 Å². The molecule has 0 aliphatic rings. The predicted molar refractivity (Wildman–Crippen MR) is 70.0 cm³/mol. The zero-order valence-corrected chi connectivity index (χ0v) is 10.6. The van der Waals surface area contributed by atoms with Gasteiger partial charge in [-0.05, 0) is 23.3 Å². The Kier molecular flexibility index (Phi) is 4.20. The van der Waals surface area contributed by atoms with E-state index in [0.717, 1.165) is 22.5 Å². The van der Waals surface area contributed by atoms with Crippen LogP contribution in [0.1, 0.15) is 16.9 Å². The van der Waals surface area contributed by atoms with Gasteiger partial charge in [0.2, 0.25) is 0 Å². The molecule has 0 spiro atoms. The molecular weight excluding hydrogens is 228 g/mol. The van der Waals surface area contributed by atoms with E-state index >= 15 is 0 Å². The fourth-order valence-electron chi connectivity index (χ4n) is 1.87. The standard InChI is InChI=1S/C15H16O3/c1-16-10-12-6-3-4-7-13(12)14(11-17-2)15-8-5-9-18-15/h3-9,11H,10H2,1-2H3. The van der Waals surface area contributed by atoms with Crippen LogP contribution in [0.15, 0.2) is 53.3 Å². The molecule has 0 atom stereocenters. The van der Waals surface area contributed by atoms with E-state index in [9.17, 15) is 0 Å². The zero-order chi connectivity index (χ0) is 12.8. The Hall–Kier alpha value is -2.00. The summed E-state index contributed by atoms with van der Waals surface area (Å²) < 4.78 is 15.8. The molecule has 0 aliphatic heterocycles. The van der Waals surface area contributed by atoms with Gasteiger partial charge in [-0.15, -0.1) is 0 Å². The highest BCUT2D eigenvalue weighted by Crippen LogP contribution is 2.27. The summed E-state index contributed by atoms with van der Waals surface area (Å²) >= 11 is 0. The third-order valence-electron chi connectivity index (χ3n) is 2.63. The maximum Gasteiger partial charge on any atom is 0.137 e. The van der Waals surface area contributed by atoms with Gasteiger partial charge < -0.3 is 13.9 Å². The summed E-state index contributed by atoms with van der Waals surface area (Å²) in [5.74, 6) is 0.778. The van der Waals surface area contributed by atoms with Crippen LogP contribution in [0.3, 0.4) is 0 Å². The summed E-state index contributed by atoms with van der Waals surface area (Å²) in [4.78, 5) is 0. The first-order chi connectivity index (χ1) is 8.86. The quantitative estimate of drug-likeness (QED) is 0.755. The van der Waals surface area contributed by atoms with Gasteiger partial charge in [0.05, 0.1) is 31.8 Å². The molecule has 1 aromatic heterocycles. The molecule has 3 nitrogen and oxygen atoms in total. The molecule has 0 amide bonds. The van der Waals surface area contributed by atoms with Crippen LogP contribution in [-0.2, 0) is 16.1 Å². The Balaban J connectivity index is 2.47. The Labute approximate surface area is 107 Å². The maximum absolute atomic E-state index is 5.45. The van der Waals surface area contributed by atoms with Gasteiger partial charge in [-0.25, -0.2) is 0 Å². The molecule has 0 aliphatic carbocycles. The first-order valence-corrected chi connectivity index (χ1v) is 5.71. The SMILES string of the molecule is COC=C(c1ccco1)c1ccccc1COC. The lowest BCUT2D eigenvalue weighted by Crippen LogP contribution is -1.96. The fourth-order valence-corrected chi connectivity index (χ4v) is 1.87. The molecule has 2 aromatic rings. The molecule has 3 heteroatoms. The number of benzene rings is 1. The van der Waals surface area contributed by atoms with Crippen molar-refractivity contribution >= 4 is 5.57 Å². The van der Waals surface area contributed by atoms with Gasteiger partial charge in [0.1, 0.15) is 5.76 Å². The highest BCUT2D eigenvalue weighted by molar-refractivity contribution is 5.78. The largest absolute Gasteiger partial charge is 0.504 e. The van der Waals surface area contributed by atoms with Gasteiger partial charge in [-0.1, -0.05) is 24.3 Å². The van der Waals surface area contributed by atoms with Crippen molar-refractivity contribution in [3.8, 4) is 0 Å². The lowest BCUT2D eigenvalue weighted by atomic mass is 9.99. The number of hydrogen-bond donors (Lipinski definition) is 0. The van der Waals surface area contributed by atoms with E-state index in [1.807, 2.05) is 36.4 Å². The molecule has 0 unspecified atom stereocenters. The highest BCUT2D eigenvalue weighted by atomic mass is 16.5. The molecule has 94 valence electrons. The summed E-state index contributed by atoms with van der Waals surface area (Å²) in [7, 11) is 3.31. The van der Waals surface area contributed by atoms with E-state index in [4.69, 9.17) is 13.9 Å². The molecule has 0 saturated carbocycles. The van der Waals surface area contributed by atoms with Gasteiger partial charge in [-0.2, -0.15) is 0 Å². The summed E-state index contributed by atoms with van der Waals surface area (Å²) in [6.45, 7) is 0.554. The van der Waals surface area contributed by atoms with Crippen LogP contribution in [0.25, 0.3) is 5.57 Å². The monoisotopic (exact) mass is 244 g/mol. The third-order valence-corrected chi connectivity index (χ3v) is 2.63. The van der Waals surface area contributed by atoms with Crippen molar-refractivity contribution in [3.05, 3.63) is 65.8 Å². The zero-order valence-electron chi connectivity index (χ0n) is 10.6. The molecule has 0 N–H and O–H groups in total. The van der Waals surface area contributed by atoms with Gasteiger partial charge >= 0.3 is 0 Å². The second-order valence-corrected chi connectivity index (χ2v) is 3.83. The minimum atomic E-state index is 0.554. The van der Waals surface area contributed by atoms with Gasteiger partial charge in [-0.3, -0.25) is 0 Å². The van der Waals surface area contributed by atoms with Crippen molar-refractivity contribution < 1.29 is 13.9 Å². The number of ether oxygens (including phenoxy) is 2. The molecule has 18 heavy (non-hydrogen) atoms. The van der Waals surface area contributed by atoms with Gasteiger partial charge in [0, 0.05) is 7.11 Å². The minimum Gasteiger partial charge on any atom is -0.504 e. The Bertz CT molecular complexity index is 512. The summed E-state index contributed by atoms with van der Waals surface area (Å²) in [6, 6.07) is 11.8. The van der Waals surface area contributed by atoms with E-state index in [1.54, 1.807) is 26.7 Å². The molecule has 1 aromatic carbocycles. The molecule has 0 fully saturated rings. The van der Waals surface area contributed by atoms with E-state index in [2.05, 4.69) is 0 Å². The first kappa shape index (κ1) is 12.5. The lowest BCUT2D eigenvalue weighted by Gasteiger charge is -2.10. The predicted octanol–water partition coefficient (Wildman–Crippen LogP) is 3.46. The minimum absolute atomic E-state index is 0.554. The van der Waals surface area contributed by atoms with Crippen molar-refractivity contribution in [2.24, 2.45) is 0 Å². The van der Waals surface area contributed by atoms with Crippen molar-refractivity contribution in [3.63, 3.8) is 0 Å². The summed E-state index contributed by atoms with van der Waals surface area (Å²) in [5.41, 5.74) is 3.06. The fraction of sp³-hybridized carbons (Fsp3) is 0.200. The molecule has 2 rings (SSSR count). The molecule has 0 radical (unpaired) electrons. The molecule has 0 saturated heterocycles. The average molecular weight is 244 g/mol. The number of methoxy groups -OCH3 is 2.